The number of aryl methyl sites for hydroxylation is 1. The van der Waals surface area contributed by atoms with Gasteiger partial charge in [0.15, 0.2) is 0 Å². The molecule has 0 aromatic heterocycles. The molecule has 3 N–H and O–H groups in total. The lowest BCUT2D eigenvalue weighted by atomic mass is 10.1. The number of carbonyl (C=O) groups is 2. The quantitative estimate of drug-likeness (QED) is 0.745. The van der Waals surface area contributed by atoms with Gasteiger partial charge in [-0.15, -0.1) is 0 Å². The summed E-state index contributed by atoms with van der Waals surface area (Å²) >= 11 is 0. The Balaban J connectivity index is 2.58. The van der Waals surface area contributed by atoms with E-state index in [1.165, 1.54) is 6.07 Å². The van der Waals surface area contributed by atoms with Crippen LogP contribution in [0.3, 0.4) is 0 Å². The molecule has 0 aliphatic rings. The molecule has 1 rings (SSSR count). The standard InChI is InChI=1S/C14H20N2O4/c1-4-20-10(3)8-15-14(19)16-11-6-5-9(2)12(7-11)13(17)18/h5-7,10H,4,8H2,1-3H3,(H,17,18)(H2,15,16,19). The van der Waals surface area contributed by atoms with Crippen molar-refractivity contribution in [3.63, 3.8) is 0 Å². The monoisotopic (exact) mass is 280 g/mol. The number of nitrogens with one attached hydrogen (secondary N) is 2. The Bertz CT molecular complexity index is 488. The SMILES string of the molecule is CCOC(C)CNC(=O)Nc1ccc(C)c(C(=O)O)c1. The number of carbonyl (C=O) groups excluding carboxylic acids is 1. The van der Waals surface area contributed by atoms with Crippen LogP contribution >= 0.6 is 0 Å². The van der Waals surface area contributed by atoms with Crippen LogP contribution in [0.25, 0.3) is 0 Å². The maximum Gasteiger partial charge on any atom is 0.336 e. The van der Waals surface area contributed by atoms with Crippen molar-refractivity contribution in [2.45, 2.75) is 26.9 Å². The predicted octanol–water partition coefficient (Wildman–Crippen LogP) is 2.24. The second kappa shape index (κ2) is 7.49. The Morgan fingerprint density at radius 2 is 2.10 bits per heavy atom. The molecular weight excluding hydrogens is 260 g/mol. The summed E-state index contributed by atoms with van der Waals surface area (Å²) in [4.78, 5) is 22.7. The molecule has 0 aliphatic carbocycles. The predicted molar refractivity (Wildman–Crippen MR) is 76.2 cm³/mol. The summed E-state index contributed by atoms with van der Waals surface area (Å²) in [5, 5.41) is 14.3. The van der Waals surface area contributed by atoms with E-state index in [2.05, 4.69) is 10.6 Å². The number of anilines is 1. The largest absolute Gasteiger partial charge is 0.478 e. The highest BCUT2D eigenvalue weighted by atomic mass is 16.5. The average Bonchev–Trinajstić information content (AvgIpc) is 2.39. The van der Waals surface area contributed by atoms with Gasteiger partial charge in [-0.25, -0.2) is 9.59 Å². The molecule has 110 valence electrons. The maximum absolute atomic E-state index is 11.7. The molecule has 6 heteroatoms. The Morgan fingerprint density at radius 1 is 1.40 bits per heavy atom. The number of urea groups is 1. The third kappa shape index (κ3) is 4.89. The molecule has 0 aliphatic heterocycles. The normalized spacial score (nSPS) is 11.8. The van der Waals surface area contributed by atoms with Crippen LogP contribution in [0, 0.1) is 6.92 Å². The summed E-state index contributed by atoms with van der Waals surface area (Å²) in [6.07, 6.45) is -0.0710. The first-order valence-electron chi connectivity index (χ1n) is 6.44. The summed E-state index contributed by atoms with van der Waals surface area (Å²) in [5.41, 5.74) is 1.26. The second-order valence-corrected chi connectivity index (χ2v) is 4.44. The van der Waals surface area contributed by atoms with Crippen molar-refractivity contribution < 1.29 is 19.4 Å². The van der Waals surface area contributed by atoms with Gasteiger partial charge in [-0.1, -0.05) is 6.07 Å². The molecule has 1 unspecified atom stereocenters. The fourth-order valence-corrected chi connectivity index (χ4v) is 1.69. The van der Waals surface area contributed by atoms with Gasteiger partial charge in [0, 0.05) is 18.8 Å². The van der Waals surface area contributed by atoms with Crippen LogP contribution in [0.1, 0.15) is 29.8 Å². The Kier molecular flexibility index (Phi) is 5.99. The Morgan fingerprint density at radius 3 is 2.70 bits per heavy atom. The van der Waals surface area contributed by atoms with Crippen molar-refractivity contribution in [1.82, 2.24) is 5.32 Å². The summed E-state index contributed by atoms with van der Waals surface area (Å²) in [6.45, 7) is 6.42. The number of carboxylic acid groups (broad SMARTS) is 1. The number of hydrogen-bond acceptors (Lipinski definition) is 3. The Labute approximate surface area is 118 Å². The zero-order valence-electron chi connectivity index (χ0n) is 11.9. The minimum absolute atomic E-state index is 0.0710. The molecule has 0 radical (unpaired) electrons. The van der Waals surface area contributed by atoms with E-state index in [4.69, 9.17) is 9.84 Å². The van der Waals surface area contributed by atoms with Crippen LogP contribution in [0.2, 0.25) is 0 Å². The van der Waals surface area contributed by atoms with Crippen molar-refractivity contribution >= 4 is 17.7 Å². The number of aromatic carboxylic acids is 1. The van der Waals surface area contributed by atoms with E-state index in [-0.39, 0.29) is 11.7 Å². The van der Waals surface area contributed by atoms with Crippen LogP contribution in [0.4, 0.5) is 10.5 Å². The topological polar surface area (TPSA) is 87.7 Å². The lowest BCUT2D eigenvalue weighted by molar-refractivity contribution is 0.0696. The zero-order valence-corrected chi connectivity index (χ0v) is 11.9. The third-order valence-corrected chi connectivity index (χ3v) is 2.73. The van der Waals surface area contributed by atoms with Gasteiger partial charge in [-0.3, -0.25) is 0 Å². The molecule has 0 bridgehead atoms. The first-order valence-corrected chi connectivity index (χ1v) is 6.44. The Hall–Kier alpha value is -2.08. The van der Waals surface area contributed by atoms with E-state index in [1.54, 1.807) is 19.1 Å². The van der Waals surface area contributed by atoms with Crippen molar-refractivity contribution in [1.29, 1.82) is 0 Å². The highest BCUT2D eigenvalue weighted by Gasteiger charge is 2.10. The lowest BCUT2D eigenvalue weighted by Crippen LogP contribution is -2.35. The number of hydrogen-bond donors (Lipinski definition) is 3. The molecule has 0 saturated heterocycles. The number of benzene rings is 1. The molecule has 0 fully saturated rings. The molecule has 6 nitrogen and oxygen atoms in total. The van der Waals surface area contributed by atoms with E-state index in [0.29, 0.717) is 24.4 Å². The van der Waals surface area contributed by atoms with Crippen molar-refractivity contribution in [3.8, 4) is 0 Å². The molecule has 2 amide bonds. The molecule has 0 heterocycles. The first kappa shape index (κ1) is 16.0. The van der Waals surface area contributed by atoms with Crippen LogP contribution in [-0.2, 0) is 4.74 Å². The van der Waals surface area contributed by atoms with Gasteiger partial charge in [-0.05, 0) is 38.5 Å². The van der Waals surface area contributed by atoms with E-state index in [0.717, 1.165) is 0 Å². The summed E-state index contributed by atoms with van der Waals surface area (Å²) < 4.78 is 5.29. The molecule has 0 spiro atoms. The number of ether oxygens (including phenoxy) is 1. The molecule has 1 aromatic carbocycles. The van der Waals surface area contributed by atoms with E-state index in [9.17, 15) is 9.59 Å². The average molecular weight is 280 g/mol. The lowest BCUT2D eigenvalue weighted by Gasteiger charge is -2.13. The molecule has 1 atom stereocenters. The fraction of sp³-hybridized carbons (Fsp3) is 0.429. The van der Waals surface area contributed by atoms with Crippen LogP contribution in [0.15, 0.2) is 18.2 Å². The minimum Gasteiger partial charge on any atom is -0.478 e. The summed E-state index contributed by atoms with van der Waals surface area (Å²) in [5.74, 6) is -1.02. The smallest absolute Gasteiger partial charge is 0.336 e. The van der Waals surface area contributed by atoms with Crippen molar-refractivity contribution in [2.24, 2.45) is 0 Å². The maximum atomic E-state index is 11.7. The first-order chi connectivity index (χ1) is 9.43. The van der Waals surface area contributed by atoms with Gasteiger partial charge < -0.3 is 20.5 Å². The van der Waals surface area contributed by atoms with E-state index in [1.807, 2.05) is 13.8 Å². The number of amides is 2. The van der Waals surface area contributed by atoms with Crippen molar-refractivity contribution in [2.75, 3.05) is 18.5 Å². The van der Waals surface area contributed by atoms with E-state index >= 15 is 0 Å². The molecule has 0 saturated carbocycles. The molecular formula is C14H20N2O4. The van der Waals surface area contributed by atoms with Crippen LogP contribution in [-0.4, -0.2) is 36.4 Å². The van der Waals surface area contributed by atoms with Crippen molar-refractivity contribution in [3.05, 3.63) is 29.3 Å². The summed E-state index contributed by atoms with van der Waals surface area (Å²) in [7, 11) is 0. The highest BCUT2D eigenvalue weighted by Crippen LogP contribution is 2.15. The van der Waals surface area contributed by atoms with Gasteiger partial charge in [0.05, 0.1) is 11.7 Å². The van der Waals surface area contributed by atoms with Crippen LogP contribution in [0.5, 0.6) is 0 Å². The van der Waals surface area contributed by atoms with Crippen LogP contribution < -0.4 is 10.6 Å². The van der Waals surface area contributed by atoms with Gasteiger partial charge >= 0.3 is 12.0 Å². The fourth-order valence-electron chi connectivity index (χ4n) is 1.69. The highest BCUT2D eigenvalue weighted by molar-refractivity contribution is 5.94. The number of rotatable bonds is 6. The van der Waals surface area contributed by atoms with E-state index < -0.39 is 12.0 Å². The number of carboxylic acids is 1. The van der Waals surface area contributed by atoms with Gasteiger partial charge in [0.1, 0.15) is 0 Å². The van der Waals surface area contributed by atoms with Gasteiger partial charge in [-0.2, -0.15) is 0 Å². The van der Waals surface area contributed by atoms with Gasteiger partial charge in [0.2, 0.25) is 0 Å². The van der Waals surface area contributed by atoms with Gasteiger partial charge in [0.25, 0.3) is 0 Å². The second-order valence-electron chi connectivity index (χ2n) is 4.44. The molecule has 1 aromatic rings. The summed E-state index contributed by atoms with van der Waals surface area (Å²) in [6, 6.07) is 4.36. The third-order valence-electron chi connectivity index (χ3n) is 2.73. The zero-order chi connectivity index (χ0) is 15.1. The minimum atomic E-state index is -1.02. The molecule has 20 heavy (non-hydrogen) atoms.